The molecule has 2 aliphatic heterocycles. The van der Waals surface area contributed by atoms with Crippen molar-refractivity contribution in [1.29, 1.82) is 0 Å². The molecular formula is C13H15N3O2. The van der Waals surface area contributed by atoms with E-state index in [9.17, 15) is 9.59 Å². The van der Waals surface area contributed by atoms with Crippen molar-refractivity contribution in [3.05, 3.63) is 24.5 Å². The number of fused-ring (bicyclic) bond motifs is 1. The third-order valence-corrected chi connectivity index (χ3v) is 3.73. The smallest absolute Gasteiger partial charge is 0.312 e. The molecule has 18 heavy (non-hydrogen) atoms. The maximum Gasteiger partial charge on any atom is 0.332 e. The third-order valence-electron chi connectivity index (χ3n) is 3.73. The lowest BCUT2D eigenvalue weighted by Gasteiger charge is -2.30. The summed E-state index contributed by atoms with van der Waals surface area (Å²) in [4.78, 5) is 31.5. The Bertz CT molecular complexity index is 488. The van der Waals surface area contributed by atoms with Crippen LogP contribution in [0.4, 0.5) is 10.5 Å². The molecule has 3 rings (SSSR count). The Morgan fingerprint density at radius 1 is 1.28 bits per heavy atom. The molecule has 0 spiro atoms. The Kier molecular flexibility index (Phi) is 2.54. The average molecular weight is 245 g/mol. The Balaban J connectivity index is 1.94. The van der Waals surface area contributed by atoms with Gasteiger partial charge in [0.2, 0.25) is 0 Å². The van der Waals surface area contributed by atoms with Gasteiger partial charge in [0.25, 0.3) is 5.91 Å². The molecule has 2 atom stereocenters. The lowest BCUT2D eigenvalue weighted by Crippen LogP contribution is -2.41. The number of carbonyl (C=O) groups excluding carboxylic acids is 2. The number of aromatic nitrogens is 1. The summed E-state index contributed by atoms with van der Waals surface area (Å²) in [7, 11) is 0. The van der Waals surface area contributed by atoms with Gasteiger partial charge in [0.1, 0.15) is 6.04 Å². The zero-order chi connectivity index (χ0) is 12.7. The van der Waals surface area contributed by atoms with E-state index >= 15 is 0 Å². The highest BCUT2D eigenvalue weighted by Gasteiger charge is 2.47. The molecule has 2 fully saturated rings. The standard InChI is InChI=1S/C13H15N3O2/c1-9-4-7-15-11(8-9)12(17)16(13(15)18)10-2-5-14-6-3-10/h2-3,5-6,9,11H,4,7-8H2,1H3/t9-,11-/m1/s1. The van der Waals surface area contributed by atoms with Crippen molar-refractivity contribution in [1.82, 2.24) is 9.88 Å². The van der Waals surface area contributed by atoms with Gasteiger partial charge in [-0.2, -0.15) is 0 Å². The highest BCUT2D eigenvalue weighted by Crippen LogP contribution is 2.32. The summed E-state index contributed by atoms with van der Waals surface area (Å²) in [6.07, 6.45) is 4.93. The third kappa shape index (κ3) is 1.58. The number of hydrogen-bond donors (Lipinski definition) is 0. The van der Waals surface area contributed by atoms with Gasteiger partial charge in [-0.1, -0.05) is 6.92 Å². The second kappa shape index (κ2) is 4.08. The van der Waals surface area contributed by atoms with Crippen molar-refractivity contribution in [2.45, 2.75) is 25.8 Å². The number of anilines is 1. The first kappa shape index (κ1) is 11.2. The van der Waals surface area contributed by atoms with E-state index < -0.39 is 0 Å². The lowest BCUT2D eigenvalue weighted by molar-refractivity contribution is -0.120. The Morgan fingerprint density at radius 2 is 2.00 bits per heavy atom. The molecule has 0 saturated carbocycles. The molecular weight excluding hydrogens is 230 g/mol. The van der Waals surface area contributed by atoms with Gasteiger partial charge in [-0.3, -0.25) is 9.78 Å². The van der Waals surface area contributed by atoms with Crippen LogP contribution in [0.1, 0.15) is 19.8 Å². The van der Waals surface area contributed by atoms with Crippen molar-refractivity contribution < 1.29 is 9.59 Å². The van der Waals surface area contributed by atoms with Crippen molar-refractivity contribution >= 4 is 17.6 Å². The van der Waals surface area contributed by atoms with Crippen LogP contribution in [0, 0.1) is 5.92 Å². The van der Waals surface area contributed by atoms with Crippen LogP contribution in [-0.4, -0.2) is 34.4 Å². The summed E-state index contributed by atoms with van der Waals surface area (Å²) in [5.74, 6) is 0.401. The zero-order valence-corrected chi connectivity index (χ0v) is 10.2. The number of piperidine rings is 1. The minimum absolute atomic E-state index is 0.0993. The lowest BCUT2D eigenvalue weighted by atomic mass is 9.93. The predicted octanol–water partition coefficient (Wildman–Crippen LogP) is 1.65. The maximum atomic E-state index is 12.3. The normalized spacial score (nSPS) is 27.6. The van der Waals surface area contributed by atoms with Crippen molar-refractivity contribution in [3.8, 4) is 0 Å². The van der Waals surface area contributed by atoms with Gasteiger partial charge in [-0.05, 0) is 30.9 Å². The van der Waals surface area contributed by atoms with Crippen LogP contribution in [0.25, 0.3) is 0 Å². The second-order valence-corrected chi connectivity index (χ2v) is 5.00. The van der Waals surface area contributed by atoms with Gasteiger partial charge >= 0.3 is 6.03 Å². The van der Waals surface area contributed by atoms with E-state index in [0.29, 0.717) is 18.2 Å². The molecule has 0 aromatic carbocycles. The topological polar surface area (TPSA) is 53.5 Å². The van der Waals surface area contributed by atoms with Gasteiger partial charge in [-0.25, -0.2) is 9.69 Å². The van der Waals surface area contributed by atoms with Crippen molar-refractivity contribution in [3.63, 3.8) is 0 Å². The van der Waals surface area contributed by atoms with Crippen molar-refractivity contribution in [2.75, 3.05) is 11.4 Å². The van der Waals surface area contributed by atoms with Gasteiger partial charge in [-0.15, -0.1) is 0 Å². The van der Waals surface area contributed by atoms with Crippen LogP contribution in [-0.2, 0) is 4.79 Å². The Morgan fingerprint density at radius 3 is 2.72 bits per heavy atom. The molecule has 0 N–H and O–H groups in total. The van der Waals surface area contributed by atoms with Gasteiger partial charge in [0, 0.05) is 18.9 Å². The first-order valence-electron chi connectivity index (χ1n) is 6.23. The summed E-state index contributed by atoms with van der Waals surface area (Å²) in [6.45, 7) is 2.81. The molecule has 1 aromatic rings. The van der Waals surface area contributed by atoms with E-state index in [4.69, 9.17) is 0 Å². The molecule has 5 nitrogen and oxygen atoms in total. The molecule has 2 saturated heterocycles. The fraction of sp³-hybridized carbons (Fsp3) is 0.462. The van der Waals surface area contributed by atoms with Crippen LogP contribution in [0.5, 0.6) is 0 Å². The number of rotatable bonds is 1. The fourth-order valence-corrected chi connectivity index (χ4v) is 2.71. The van der Waals surface area contributed by atoms with E-state index in [1.54, 1.807) is 29.4 Å². The number of pyridine rings is 1. The number of nitrogens with zero attached hydrogens (tertiary/aromatic N) is 3. The van der Waals surface area contributed by atoms with Gasteiger partial charge < -0.3 is 4.90 Å². The molecule has 3 amide bonds. The molecule has 2 aliphatic rings. The maximum absolute atomic E-state index is 12.3. The molecule has 0 unspecified atom stereocenters. The highest BCUT2D eigenvalue weighted by atomic mass is 16.2. The fourth-order valence-electron chi connectivity index (χ4n) is 2.71. The highest BCUT2D eigenvalue weighted by molar-refractivity contribution is 6.21. The average Bonchev–Trinajstić information content (AvgIpc) is 2.63. The zero-order valence-electron chi connectivity index (χ0n) is 10.2. The molecule has 0 aliphatic carbocycles. The monoisotopic (exact) mass is 245 g/mol. The van der Waals surface area contributed by atoms with Crippen LogP contribution < -0.4 is 4.90 Å². The quantitative estimate of drug-likeness (QED) is 0.707. The summed E-state index contributed by atoms with van der Waals surface area (Å²) >= 11 is 0. The molecule has 1 aromatic heterocycles. The van der Waals surface area contributed by atoms with E-state index in [0.717, 1.165) is 12.8 Å². The van der Waals surface area contributed by atoms with Crippen molar-refractivity contribution in [2.24, 2.45) is 5.92 Å². The minimum atomic E-state index is -0.269. The largest absolute Gasteiger partial charge is 0.332 e. The first-order valence-corrected chi connectivity index (χ1v) is 6.23. The SMILES string of the molecule is C[C@@H]1CCN2C(=O)N(c3ccncc3)C(=O)[C@H]2C1. The molecule has 0 radical (unpaired) electrons. The van der Waals surface area contributed by atoms with Crippen LogP contribution >= 0.6 is 0 Å². The predicted molar refractivity (Wildman–Crippen MR) is 66.0 cm³/mol. The number of imide groups is 1. The number of carbonyl (C=O) groups is 2. The molecule has 0 bridgehead atoms. The molecule has 5 heteroatoms. The van der Waals surface area contributed by atoms with Gasteiger partial charge in [0.15, 0.2) is 0 Å². The Hall–Kier alpha value is -1.91. The van der Waals surface area contributed by atoms with Crippen LogP contribution in [0.15, 0.2) is 24.5 Å². The Labute approximate surface area is 105 Å². The van der Waals surface area contributed by atoms with Crippen LogP contribution in [0.3, 0.4) is 0 Å². The molecule has 3 heterocycles. The van der Waals surface area contributed by atoms with Gasteiger partial charge in [0.05, 0.1) is 5.69 Å². The number of urea groups is 1. The number of hydrogen-bond acceptors (Lipinski definition) is 3. The molecule has 94 valence electrons. The second-order valence-electron chi connectivity index (χ2n) is 5.00. The van der Waals surface area contributed by atoms with E-state index in [2.05, 4.69) is 11.9 Å². The van der Waals surface area contributed by atoms with Crippen LogP contribution in [0.2, 0.25) is 0 Å². The minimum Gasteiger partial charge on any atom is -0.312 e. The summed E-state index contributed by atoms with van der Waals surface area (Å²) < 4.78 is 0. The first-order chi connectivity index (χ1) is 8.68. The summed E-state index contributed by atoms with van der Waals surface area (Å²) in [5, 5.41) is 0. The van der Waals surface area contributed by atoms with E-state index in [-0.39, 0.29) is 18.0 Å². The summed E-state index contributed by atoms with van der Waals surface area (Å²) in [5.41, 5.74) is 0.613. The summed E-state index contributed by atoms with van der Waals surface area (Å²) in [6, 6.07) is 2.92. The van der Waals surface area contributed by atoms with E-state index in [1.165, 1.54) is 4.90 Å². The number of amides is 3. The van der Waals surface area contributed by atoms with E-state index in [1.807, 2.05) is 0 Å².